The van der Waals surface area contributed by atoms with Gasteiger partial charge in [0.25, 0.3) is 5.91 Å². The normalized spacial score (nSPS) is 22.5. The van der Waals surface area contributed by atoms with E-state index < -0.39 is 35.9 Å². The Hall–Kier alpha value is -2.61. The molecule has 2 aliphatic heterocycles. The third-order valence-corrected chi connectivity index (χ3v) is 4.02. The molecule has 2 aliphatic rings. The van der Waals surface area contributed by atoms with E-state index in [2.05, 4.69) is 10.6 Å². The Balaban J connectivity index is 2.29. The lowest BCUT2D eigenvalue weighted by atomic mass is 9.99. The molecule has 0 radical (unpaired) electrons. The fraction of sp³-hybridized carbons (Fsp3) is 0.471. The van der Waals surface area contributed by atoms with Gasteiger partial charge in [-0.05, 0) is 30.5 Å². The van der Waals surface area contributed by atoms with E-state index in [0.29, 0.717) is 18.6 Å². The highest BCUT2D eigenvalue weighted by Crippen LogP contribution is 2.16. The minimum atomic E-state index is -1.12. The van der Waals surface area contributed by atoms with Gasteiger partial charge in [0.05, 0.1) is 18.6 Å². The van der Waals surface area contributed by atoms with E-state index in [1.54, 1.807) is 19.1 Å². The van der Waals surface area contributed by atoms with Crippen molar-refractivity contribution in [1.82, 2.24) is 10.6 Å². The van der Waals surface area contributed by atoms with E-state index in [-0.39, 0.29) is 13.0 Å². The number of carbonyl (C=O) groups excluding carboxylic acids is 3. The molecule has 2 heterocycles. The monoisotopic (exact) mass is 349 g/mol. The molecule has 136 valence electrons. The summed E-state index contributed by atoms with van der Waals surface area (Å²) in [4.78, 5) is 35.7. The highest BCUT2D eigenvalue weighted by Gasteiger charge is 2.28. The van der Waals surface area contributed by atoms with E-state index in [1.807, 2.05) is 12.1 Å². The molecular formula is C17H23N3O5. The number of rotatable bonds is 4. The number of benzene rings is 1. The van der Waals surface area contributed by atoms with E-state index in [0.717, 1.165) is 5.56 Å². The molecule has 3 unspecified atom stereocenters. The highest BCUT2D eigenvalue weighted by molar-refractivity contribution is 5.92. The van der Waals surface area contributed by atoms with Crippen molar-refractivity contribution in [3.8, 4) is 5.75 Å². The first-order chi connectivity index (χ1) is 11.9. The second kappa shape index (κ2) is 8.48. The first kappa shape index (κ1) is 18.7. The topological polar surface area (TPSA) is 131 Å². The van der Waals surface area contributed by atoms with Crippen LogP contribution in [-0.2, 0) is 20.8 Å². The van der Waals surface area contributed by atoms with Crippen molar-refractivity contribution in [2.45, 2.75) is 44.4 Å². The number of nitrogens with two attached hydrogens (primary N) is 1. The lowest BCUT2D eigenvalue weighted by Gasteiger charge is -2.26. The van der Waals surface area contributed by atoms with Gasteiger partial charge >= 0.3 is 0 Å². The first-order valence-corrected chi connectivity index (χ1v) is 8.17. The van der Waals surface area contributed by atoms with Crippen LogP contribution >= 0.6 is 0 Å². The van der Waals surface area contributed by atoms with Gasteiger partial charge in [-0.1, -0.05) is 19.1 Å². The van der Waals surface area contributed by atoms with Crippen LogP contribution in [0.3, 0.4) is 0 Å². The molecule has 8 heteroatoms. The SMILES string of the molecule is CCC(O)C1Cc2ccc(cc2)OCC(=O)NC(CC(N)=O)C(=O)N1. The number of fused-ring (bicyclic) bond motifs is 10. The van der Waals surface area contributed by atoms with Crippen molar-refractivity contribution in [2.75, 3.05) is 6.61 Å². The van der Waals surface area contributed by atoms with Gasteiger partial charge in [-0.2, -0.15) is 0 Å². The molecule has 25 heavy (non-hydrogen) atoms. The van der Waals surface area contributed by atoms with Crippen LogP contribution in [0.5, 0.6) is 5.75 Å². The number of ether oxygens (including phenoxy) is 1. The molecule has 0 saturated carbocycles. The Morgan fingerprint density at radius 1 is 1.32 bits per heavy atom. The van der Waals surface area contributed by atoms with Crippen LogP contribution in [0.2, 0.25) is 0 Å². The van der Waals surface area contributed by atoms with Gasteiger partial charge < -0.3 is 26.2 Å². The molecule has 1 aromatic carbocycles. The zero-order valence-corrected chi connectivity index (χ0v) is 14.0. The van der Waals surface area contributed by atoms with Crippen LogP contribution in [0, 0.1) is 0 Å². The van der Waals surface area contributed by atoms with E-state index in [4.69, 9.17) is 10.5 Å². The quantitative estimate of drug-likeness (QED) is 0.531. The van der Waals surface area contributed by atoms with Crippen LogP contribution < -0.4 is 21.1 Å². The van der Waals surface area contributed by atoms with Gasteiger partial charge in [-0.15, -0.1) is 0 Å². The van der Waals surface area contributed by atoms with Crippen molar-refractivity contribution >= 4 is 17.7 Å². The standard InChI is InChI=1S/C17H23N3O5/c1-2-14(21)12-7-10-3-5-11(6-4-10)25-9-16(23)19-13(8-15(18)22)17(24)20-12/h3-6,12-14,21H,2,7-9H2,1H3,(H2,18,22)(H,19,23)(H,20,24). The molecule has 3 atom stereocenters. The summed E-state index contributed by atoms with van der Waals surface area (Å²) in [6.07, 6.45) is -0.261. The zero-order valence-electron chi connectivity index (χ0n) is 14.0. The number of nitrogens with one attached hydrogen (secondary N) is 2. The number of hydrogen-bond donors (Lipinski definition) is 4. The molecule has 0 fully saturated rings. The maximum atomic E-state index is 12.5. The second-order valence-corrected chi connectivity index (χ2v) is 6.02. The Bertz CT molecular complexity index is 632. The fourth-order valence-corrected chi connectivity index (χ4v) is 2.62. The van der Waals surface area contributed by atoms with Crippen molar-refractivity contribution in [3.63, 3.8) is 0 Å². The van der Waals surface area contributed by atoms with Gasteiger partial charge in [-0.25, -0.2) is 0 Å². The maximum Gasteiger partial charge on any atom is 0.258 e. The average Bonchev–Trinajstić information content (AvgIpc) is 2.59. The summed E-state index contributed by atoms with van der Waals surface area (Å²) in [5, 5.41) is 15.4. The third-order valence-electron chi connectivity index (χ3n) is 4.02. The Kier molecular flexibility index (Phi) is 6.35. The first-order valence-electron chi connectivity index (χ1n) is 8.17. The van der Waals surface area contributed by atoms with Gasteiger partial charge in [0, 0.05) is 0 Å². The van der Waals surface area contributed by atoms with Crippen LogP contribution in [0.1, 0.15) is 25.3 Å². The van der Waals surface area contributed by atoms with Crippen molar-refractivity contribution < 1.29 is 24.2 Å². The number of amides is 3. The van der Waals surface area contributed by atoms with Gasteiger partial charge in [0.15, 0.2) is 6.61 Å². The number of primary amides is 1. The van der Waals surface area contributed by atoms with Gasteiger partial charge in [0.1, 0.15) is 11.8 Å². The molecular weight excluding hydrogens is 326 g/mol. The molecule has 3 amide bonds. The summed E-state index contributed by atoms with van der Waals surface area (Å²) in [6, 6.07) is 5.39. The lowest BCUT2D eigenvalue weighted by Crippen LogP contribution is -2.54. The largest absolute Gasteiger partial charge is 0.484 e. The third kappa shape index (κ3) is 5.46. The second-order valence-electron chi connectivity index (χ2n) is 6.02. The highest BCUT2D eigenvalue weighted by atomic mass is 16.5. The van der Waals surface area contributed by atoms with E-state index in [1.165, 1.54) is 0 Å². The summed E-state index contributed by atoms with van der Waals surface area (Å²) in [7, 11) is 0. The molecule has 3 rings (SSSR count). The summed E-state index contributed by atoms with van der Waals surface area (Å²) in [5.41, 5.74) is 6.07. The smallest absolute Gasteiger partial charge is 0.258 e. The predicted octanol–water partition coefficient (Wildman–Crippen LogP) is -0.763. The number of hydrogen-bond acceptors (Lipinski definition) is 5. The molecule has 0 saturated heterocycles. The van der Waals surface area contributed by atoms with E-state index >= 15 is 0 Å². The molecule has 8 nitrogen and oxygen atoms in total. The van der Waals surface area contributed by atoms with Crippen LogP contribution in [0.15, 0.2) is 24.3 Å². The molecule has 0 aliphatic carbocycles. The van der Waals surface area contributed by atoms with Crippen LogP contribution in [0.4, 0.5) is 0 Å². The molecule has 2 bridgehead atoms. The van der Waals surface area contributed by atoms with E-state index in [9.17, 15) is 19.5 Å². The Morgan fingerprint density at radius 3 is 2.60 bits per heavy atom. The maximum absolute atomic E-state index is 12.5. The lowest BCUT2D eigenvalue weighted by molar-refractivity contribution is -0.132. The molecule has 0 aromatic heterocycles. The Morgan fingerprint density at radius 2 is 2.00 bits per heavy atom. The summed E-state index contributed by atoms with van der Waals surface area (Å²) < 4.78 is 5.36. The zero-order chi connectivity index (χ0) is 18.4. The Labute approximate surface area is 145 Å². The summed E-state index contributed by atoms with van der Waals surface area (Å²) >= 11 is 0. The predicted molar refractivity (Wildman–Crippen MR) is 89.6 cm³/mol. The minimum absolute atomic E-state index is 0.289. The van der Waals surface area contributed by atoms with Gasteiger partial charge in [0.2, 0.25) is 11.8 Å². The summed E-state index contributed by atoms with van der Waals surface area (Å²) in [6.45, 7) is 1.51. The molecule has 1 aromatic rings. The average molecular weight is 349 g/mol. The summed E-state index contributed by atoms with van der Waals surface area (Å²) in [5.74, 6) is -1.32. The van der Waals surface area contributed by atoms with Crippen LogP contribution in [0.25, 0.3) is 0 Å². The number of aliphatic hydroxyl groups is 1. The molecule has 0 spiro atoms. The van der Waals surface area contributed by atoms with Crippen molar-refractivity contribution in [3.05, 3.63) is 29.8 Å². The fourth-order valence-electron chi connectivity index (χ4n) is 2.62. The van der Waals surface area contributed by atoms with Gasteiger partial charge in [-0.3, -0.25) is 14.4 Å². The number of aliphatic hydroxyl groups excluding tert-OH is 1. The van der Waals surface area contributed by atoms with Crippen molar-refractivity contribution in [2.24, 2.45) is 5.73 Å². The van der Waals surface area contributed by atoms with Crippen molar-refractivity contribution in [1.29, 1.82) is 0 Å². The molecule has 5 N–H and O–H groups in total. The number of carbonyl (C=O) groups is 3. The van der Waals surface area contributed by atoms with Crippen LogP contribution in [-0.4, -0.2) is 47.6 Å². The minimum Gasteiger partial charge on any atom is -0.484 e.